The zero-order valence-corrected chi connectivity index (χ0v) is 8.71. The van der Waals surface area contributed by atoms with Crippen LogP contribution in [-0.2, 0) is 11.8 Å². The zero-order valence-electron chi connectivity index (χ0n) is 8.71. The molecule has 0 bridgehead atoms. The van der Waals surface area contributed by atoms with Gasteiger partial charge >= 0.3 is 5.97 Å². The summed E-state index contributed by atoms with van der Waals surface area (Å²) in [5, 5.41) is 11.4. The van der Waals surface area contributed by atoms with Crippen LogP contribution in [-0.4, -0.2) is 37.1 Å². The highest BCUT2D eigenvalue weighted by Gasteiger charge is 2.07. The van der Waals surface area contributed by atoms with Crippen LogP contribution in [0.5, 0.6) is 0 Å². The van der Waals surface area contributed by atoms with Crippen LogP contribution in [0.3, 0.4) is 0 Å². The summed E-state index contributed by atoms with van der Waals surface area (Å²) in [6.07, 6.45) is 3.10. The SMILES string of the molecule is Cn1cnc2c(NCCC(=O)O)ncnc21. The molecule has 2 N–H and O–H groups in total. The Morgan fingerprint density at radius 3 is 3.06 bits per heavy atom. The predicted molar refractivity (Wildman–Crippen MR) is 57.0 cm³/mol. The van der Waals surface area contributed by atoms with Crippen LogP contribution in [0.25, 0.3) is 11.2 Å². The van der Waals surface area contributed by atoms with Gasteiger partial charge in [0.15, 0.2) is 11.5 Å². The maximum Gasteiger partial charge on any atom is 0.305 e. The molecule has 2 aromatic rings. The molecule has 0 radical (unpaired) electrons. The summed E-state index contributed by atoms with van der Waals surface area (Å²) in [7, 11) is 1.84. The number of anilines is 1. The minimum atomic E-state index is -0.848. The Labute approximate surface area is 91.2 Å². The van der Waals surface area contributed by atoms with Gasteiger partial charge in [0.25, 0.3) is 0 Å². The van der Waals surface area contributed by atoms with Crippen LogP contribution < -0.4 is 5.32 Å². The monoisotopic (exact) mass is 221 g/mol. The lowest BCUT2D eigenvalue weighted by Gasteiger charge is -2.03. The van der Waals surface area contributed by atoms with E-state index in [0.29, 0.717) is 23.5 Å². The van der Waals surface area contributed by atoms with Crippen molar-refractivity contribution in [1.82, 2.24) is 19.5 Å². The van der Waals surface area contributed by atoms with Gasteiger partial charge < -0.3 is 15.0 Å². The average molecular weight is 221 g/mol. The number of rotatable bonds is 4. The molecular formula is C9H11N5O2. The highest BCUT2D eigenvalue weighted by atomic mass is 16.4. The highest BCUT2D eigenvalue weighted by Crippen LogP contribution is 2.15. The molecule has 0 fully saturated rings. The van der Waals surface area contributed by atoms with Gasteiger partial charge in [-0.2, -0.15) is 0 Å². The average Bonchev–Trinajstić information content (AvgIpc) is 2.61. The van der Waals surface area contributed by atoms with Crippen LogP contribution in [0.1, 0.15) is 6.42 Å². The lowest BCUT2D eigenvalue weighted by atomic mass is 10.4. The summed E-state index contributed by atoms with van der Waals surface area (Å²) in [4.78, 5) is 22.6. The molecule has 16 heavy (non-hydrogen) atoms. The Hall–Kier alpha value is -2.18. The second kappa shape index (κ2) is 4.13. The number of nitrogens with zero attached hydrogens (tertiary/aromatic N) is 4. The van der Waals surface area contributed by atoms with E-state index in [-0.39, 0.29) is 6.42 Å². The van der Waals surface area contributed by atoms with E-state index < -0.39 is 5.97 Å². The van der Waals surface area contributed by atoms with E-state index in [0.717, 1.165) is 0 Å². The summed E-state index contributed by atoms with van der Waals surface area (Å²) in [5.74, 6) is -0.286. The first-order valence-corrected chi connectivity index (χ1v) is 4.76. The van der Waals surface area contributed by atoms with Gasteiger partial charge in [-0.1, -0.05) is 0 Å². The third-order valence-electron chi connectivity index (χ3n) is 2.13. The fourth-order valence-electron chi connectivity index (χ4n) is 1.36. The second-order valence-corrected chi connectivity index (χ2v) is 3.32. The van der Waals surface area contributed by atoms with Gasteiger partial charge in [0.2, 0.25) is 0 Å². The lowest BCUT2D eigenvalue weighted by molar-refractivity contribution is -0.136. The van der Waals surface area contributed by atoms with Gasteiger partial charge in [-0.05, 0) is 0 Å². The molecule has 84 valence electrons. The molecule has 0 aliphatic heterocycles. The van der Waals surface area contributed by atoms with Crippen LogP contribution in [0.4, 0.5) is 5.82 Å². The molecular weight excluding hydrogens is 210 g/mol. The van der Waals surface area contributed by atoms with Crippen LogP contribution in [0.15, 0.2) is 12.7 Å². The van der Waals surface area contributed by atoms with E-state index in [1.807, 2.05) is 7.05 Å². The summed E-state index contributed by atoms with van der Waals surface area (Å²) in [6.45, 7) is 0.317. The molecule has 0 saturated carbocycles. The van der Waals surface area contributed by atoms with E-state index in [1.54, 1.807) is 10.9 Å². The van der Waals surface area contributed by atoms with E-state index in [1.165, 1.54) is 6.33 Å². The Bertz CT molecular complexity index is 522. The molecule has 0 atom stereocenters. The maximum absolute atomic E-state index is 10.4. The molecule has 2 heterocycles. The maximum atomic E-state index is 10.4. The van der Waals surface area contributed by atoms with E-state index in [9.17, 15) is 4.79 Å². The molecule has 0 aliphatic rings. The summed E-state index contributed by atoms with van der Waals surface area (Å²) < 4.78 is 1.78. The lowest BCUT2D eigenvalue weighted by Crippen LogP contribution is -2.09. The van der Waals surface area contributed by atoms with Gasteiger partial charge in [0.1, 0.15) is 11.8 Å². The fraction of sp³-hybridized carbons (Fsp3) is 0.333. The van der Waals surface area contributed by atoms with Crippen LogP contribution in [0, 0.1) is 0 Å². The topological polar surface area (TPSA) is 92.9 Å². The molecule has 7 heteroatoms. The molecule has 0 saturated heterocycles. The third kappa shape index (κ3) is 1.92. The van der Waals surface area contributed by atoms with E-state index >= 15 is 0 Å². The molecule has 0 spiro atoms. The summed E-state index contributed by atoms with van der Waals surface area (Å²) in [6, 6.07) is 0. The standard InChI is InChI=1S/C9H11N5O2/c1-14-5-13-7-8(10-3-2-6(15)16)11-4-12-9(7)14/h4-5H,2-3H2,1H3,(H,15,16)(H,10,11,12). The van der Waals surface area contributed by atoms with E-state index in [2.05, 4.69) is 20.3 Å². The number of carbonyl (C=O) groups is 1. The molecule has 2 rings (SSSR count). The first-order valence-electron chi connectivity index (χ1n) is 4.76. The number of nitrogens with one attached hydrogen (secondary N) is 1. The molecule has 0 aliphatic carbocycles. The van der Waals surface area contributed by atoms with Gasteiger partial charge in [0, 0.05) is 13.6 Å². The molecule has 0 amide bonds. The Balaban J connectivity index is 2.20. The van der Waals surface area contributed by atoms with Gasteiger partial charge in [-0.25, -0.2) is 15.0 Å². The first kappa shape index (κ1) is 10.3. The summed E-state index contributed by atoms with van der Waals surface area (Å²) in [5.41, 5.74) is 1.36. The van der Waals surface area contributed by atoms with Crippen molar-refractivity contribution in [2.45, 2.75) is 6.42 Å². The fourth-order valence-corrected chi connectivity index (χ4v) is 1.36. The highest BCUT2D eigenvalue weighted by molar-refractivity contribution is 5.82. The summed E-state index contributed by atoms with van der Waals surface area (Å²) >= 11 is 0. The number of aryl methyl sites for hydroxylation is 1. The van der Waals surface area contributed by atoms with Crippen LogP contribution >= 0.6 is 0 Å². The van der Waals surface area contributed by atoms with Crippen molar-refractivity contribution < 1.29 is 9.90 Å². The van der Waals surface area contributed by atoms with Crippen molar-refractivity contribution in [3.05, 3.63) is 12.7 Å². The van der Waals surface area contributed by atoms with Gasteiger partial charge in [-0.15, -0.1) is 0 Å². The molecule has 0 unspecified atom stereocenters. The third-order valence-corrected chi connectivity index (χ3v) is 2.13. The van der Waals surface area contributed by atoms with Gasteiger partial charge in [-0.3, -0.25) is 4.79 Å². The van der Waals surface area contributed by atoms with Crippen molar-refractivity contribution >= 4 is 23.0 Å². The number of aromatic nitrogens is 4. The number of hydrogen-bond acceptors (Lipinski definition) is 5. The van der Waals surface area contributed by atoms with Crippen molar-refractivity contribution in [2.75, 3.05) is 11.9 Å². The van der Waals surface area contributed by atoms with Crippen molar-refractivity contribution in [2.24, 2.45) is 7.05 Å². The zero-order chi connectivity index (χ0) is 11.5. The normalized spacial score (nSPS) is 10.6. The predicted octanol–water partition coefficient (Wildman–Crippen LogP) is 0.250. The minimum absolute atomic E-state index is 0.0400. The molecule has 2 aromatic heterocycles. The number of hydrogen-bond donors (Lipinski definition) is 2. The van der Waals surface area contributed by atoms with Crippen molar-refractivity contribution in [3.63, 3.8) is 0 Å². The van der Waals surface area contributed by atoms with E-state index in [4.69, 9.17) is 5.11 Å². The molecule has 7 nitrogen and oxygen atoms in total. The number of carboxylic acid groups (broad SMARTS) is 1. The Morgan fingerprint density at radius 2 is 2.31 bits per heavy atom. The number of imidazole rings is 1. The largest absolute Gasteiger partial charge is 0.481 e. The first-order chi connectivity index (χ1) is 7.68. The minimum Gasteiger partial charge on any atom is -0.481 e. The number of carboxylic acids is 1. The molecule has 0 aromatic carbocycles. The second-order valence-electron chi connectivity index (χ2n) is 3.32. The smallest absolute Gasteiger partial charge is 0.305 e. The Morgan fingerprint density at radius 1 is 1.50 bits per heavy atom. The number of fused-ring (bicyclic) bond motifs is 1. The number of aliphatic carboxylic acids is 1. The quantitative estimate of drug-likeness (QED) is 0.768. The van der Waals surface area contributed by atoms with Crippen molar-refractivity contribution in [3.8, 4) is 0 Å². The Kier molecular flexibility index (Phi) is 2.67. The van der Waals surface area contributed by atoms with Crippen molar-refractivity contribution in [1.29, 1.82) is 0 Å². The van der Waals surface area contributed by atoms with Crippen LogP contribution in [0.2, 0.25) is 0 Å². The van der Waals surface area contributed by atoms with Gasteiger partial charge in [0.05, 0.1) is 12.7 Å².